The Bertz CT molecular complexity index is 199. The minimum Gasteiger partial charge on any atom is -0.330 e. The first-order valence-electron chi connectivity index (χ1n) is 5.43. The Kier molecular flexibility index (Phi) is 4.00. The Balaban J connectivity index is 2.25. The molecule has 2 nitrogen and oxygen atoms in total. The van der Waals surface area contributed by atoms with Crippen molar-refractivity contribution < 1.29 is 13.2 Å². The van der Waals surface area contributed by atoms with Crippen molar-refractivity contribution in [2.45, 2.75) is 44.3 Å². The molecule has 1 atom stereocenters. The molecule has 0 amide bonds. The van der Waals surface area contributed by atoms with Crippen molar-refractivity contribution in [3.63, 3.8) is 0 Å². The molecule has 0 spiro atoms. The summed E-state index contributed by atoms with van der Waals surface area (Å²) in [5.41, 5.74) is 3.77. The summed E-state index contributed by atoms with van der Waals surface area (Å²) in [6, 6.07) is 0. The van der Waals surface area contributed by atoms with Gasteiger partial charge < -0.3 is 11.1 Å². The maximum Gasteiger partial charge on any atom is 0.406 e. The van der Waals surface area contributed by atoms with E-state index in [2.05, 4.69) is 5.32 Å². The van der Waals surface area contributed by atoms with E-state index >= 15 is 0 Å². The molecule has 0 aromatic rings. The Hall–Kier alpha value is -0.290. The third-order valence-corrected chi connectivity index (χ3v) is 2.98. The van der Waals surface area contributed by atoms with Gasteiger partial charge in [-0.15, -0.1) is 0 Å². The molecule has 0 bridgehead atoms. The van der Waals surface area contributed by atoms with Crippen LogP contribution in [0.5, 0.6) is 0 Å². The molecule has 0 aromatic carbocycles. The molecule has 1 saturated carbocycles. The molecule has 15 heavy (non-hydrogen) atoms. The standard InChI is InChI=1S/C10H19F3N2/c1-8(3-2-6-14)7-15-9(4-5-9)10(11,12)13/h8,15H,2-7,14H2,1H3. The predicted octanol–water partition coefficient (Wildman–Crippen LogP) is 2.05. The molecule has 3 N–H and O–H groups in total. The number of hydrogen-bond donors (Lipinski definition) is 2. The van der Waals surface area contributed by atoms with Crippen LogP contribution in [0.25, 0.3) is 0 Å². The van der Waals surface area contributed by atoms with Crippen molar-refractivity contribution in [2.75, 3.05) is 13.1 Å². The summed E-state index contributed by atoms with van der Waals surface area (Å²) < 4.78 is 37.5. The minimum atomic E-state index is -4.10. The normalized spacial score (nSPS) is 21.4. The topological polar surface area (TPSA) is 38.0 Å². The summed E-state index contributed by atoms with van der Waals surface area (Å²) in [4.78, 5) is 0. The number of halogens is 3. The Morgan fingerprint density at radius 3 is 2.40 bits per heavy atom. The van der Waals surface area contributed by atoms with Crippen LogP contribution in [0.15, 0.2) is 0 Å². The lowest BCUT2D eigenvalue weighted by atomic mass is 10.1. The first-order valence-corrected chi connectivity index (χ1v) is 5.43. The number of nitrogens with one attached hydrogen (secondary N) is 1. The van der Waals surface area contributed by atoms with Gasteiger partial charge in [-0.3, -0.25) is 0 Å². The van der Waals surface area contributed by atoms with Gasteiger partial charge in [0.05, 0.1) is 0 Å². The van der Waals surface area contributed by atoms with E-state index in [4.69, 9.17) is 5.73 Å². The second kappa shape index (κ2) is 4.70. The van der Waals surface area contributed by atoms with Gasteiger partial charge in [0, 0.05) is 0 Å². The van der Waals surface area contributed by atoms with E-state index in [1.165, 1.54) is 0 Å². The quantitative estimate of drug-likeness (QED) is 0.724. The lowest BCUT2D eigenvalue weighted by Crippen LogP contribution is -2.46. The Morgan fingerprint density at radius 2 is 2.00 bits per heavy atom. The van der Waals surface area contributed by atoms with Crippen LogP contribution in [0.4, 0.5) is 13.2 Å². The van der Waals surface area contributed by atoms with Crippen molar-refractivity contribution in [3.8, 4) is 0 Å². The van der Waals surface area contributed by atoms with E-state index in [1.807, 2.05) is 6.92 Å². The van der Waals surface area contributed by atoms with E-state index in [0.717, 1.165) is 12.8 Å². The average Bonchev–Trinajstić information content (AvgIpc) is 2.91. The number of nitrogens with two attached hydrogens (primary N) is 1. The molecular formula is C10H19F3N2. The zero-order valence-electron chi connectivity index (χ0n) is 9.03. The second-order valence-electron chi connectivity index (χ2n) is 4.50. The molecule has 1 aliphatic carbocycles. The van der Waals surface area contributed by atoms with Gasteiger partial charge in [-0.1, -0.05) is 6.92 Å². The summed E-state index contributed by atoms with van der Waals surface area (Å²) >= 11 is 0. The number of alkyl halides is 3. The Morgan fingerprint density at radius 1 is 1.40 bits per heavy atom. The zero-order valence-corrected chi connectivity index (χ0v) is 9.03. The smallest absolute Gasteiger partial charge is 0.330 e. The highest BCUT2D eigenvalue weighted by atomic mass is 19.4. The first-order chi connectivity index (χ1) is 6.91. The van der Waals surface area contributed by atoms with Gasteiger partial charge >= 0.3 is 6.18 Å². The molecule has 0 saturated heterocycles. The molecule has 0 radical (unpaired) electrons. The van der Waals surface area contributed by atoms with Crippen LogP contribution < -0.4 is 11.1 Å². The largest absolute Gasteiger partial charge is 0.406 e. The highest BCUT2D eigenvalue weighted by Gasteiger charge is 2.62. The highest BCUT2D eigenvalue weighted by Crippen LogP contribution is 2.48. The van der Waals surface area contributed by atoms with E-state index in [9.17, 15) is 13.2 Å². The van der Waals surface area contributed by atoms with Crippen LogP contribution in [-0.2, 0) is 0 Å². The van der Waals surface area contributed by atoms with E-state index < -0.39 is 11.7 Å². The summed E-state index contributed by atoms with van der Waals surface area (Å²) in [6.45, 7) is 2.99. The fourth-order valence-electron chi connectivity index (χ4n) is 1.62. The van der Waals surface area contributed by atoms with Crippen molar-refractivity contribution in [2.24, 2.45) is 11.7 Å². The first kappa shape index (κ1) is 12.8. The van der Waals surface area contributed by atoms with Crippen LogP contribution in [-0.4, -0.2) is 24.8 Å². The van der Waals surface area contributed by atoms with Gasteiger partial charge in [0.15, 0.2) is 0 Å². The van der Waals surface area contributed by atoms with Crippen LogP contribution >= 0.6 is 0 Å². The maximum absolute atomic E-state index is 12.5. The van der Waals surface area contributed by atoms with E-state index in [0.29, 0.717) is 13.1 Å². The third-order valence-electron chi connectivity index (χ3n) is 2.98. The van der Waals surface area contributed by atoms with Gasteiger partial charge in [-0.2, -0.15) is 13.2 Å². The van der Waals surface area contributed by atoms with Gasteiger partial charge in [0.1, 0.15) is 5.54 Å². The molecule has 0 heterocycles. The average molecular weight is 224 g/mol. The summed E-state index contributed by atoms with van der Waals surface area (Å²) in [5.74, 6) is 0.258. The summed E-state index contributed by atoms with van der Waals surface area (Å²) in [6.07, 6.45) is -1.89. The van der Waals surface area contributed by atoms with Crippen molar-refractivity contribution in [1.29, 1.82) is 0 Å². The molecule has 1 rings (SSSR count). The van der Waals surface area contributed by atoms with Crippen molar-refractivity contribution in [1.82, 2.24) is 5.32 Å². The van der Waals surface area contributed by atoms with E-state index in [1.54, 1.807) is 0 Å². The predicted molar refractivity (Wildman–Crippen MR) is 53.5 cm³/mol. The molecule has 1 unspecified atom stereocenters. The fraction of sp³-hybridized carbons (Fsp3) is 1.00. The van der Waals surface area contributed by atoms with Crippen LogP contribution in [0.3, 0.4) is 0 Å². The lowest BCUT2D eigenvalue weighted by Gasteiger charge is -2.22. The molecule has 0 aromatic heterocycles. The lowest BCUT2D eigenvalue weighted by molar-refractivity contribution is -0.166. The zero-order chi connectivity index (χ0) is 11.5. The monoisotopic (exact) mass is 224 g/mol. The van der Waals surface area contributed by atoms with Crippen LogP contribution in [0.2, 0.25) is 0 Å². The molecular weight excluding hydrogens is 205 g/mol. The number of rotatable bonds is 6. The fourth-order valence-corrected chi connectivity index (χ4v) is 1.62. The van der Waals surface area contributed by atoms with Gasteiger partial charge in [0.25, 0.3) is 0 Å². The Labute approximate surface area is 88.4 Å². The minimum absolute atomic E-state index is 0.222. The van der Waals surface area contributed by atoms with Crippen molar-refractivity contribution >= 4 is 0 Å². The van der Waals surface area contributed by atoms with E-state index in [-0.39, 0.29) is 18.8 Å². The van der Waals surface area contributed by atoms with Gasteiger partial charge in [-0.05, 0) is 44.7 Å². The number of hydrogen-bond acceptors (Lipinski definition) is 2. The van der Waals surface area contributed by atoms with Crippen LogP contribution in [0.1, 0.15) is 32.6 Å². The SMILES string of the molecule is CC(CCCN)CNC1(C(F)(F)F)CC1. The van der Waals surface area contributed by atoms with Gasteiger partial charge in [-0.25, -0.2) is 0 Å². The highest BCUT2D eigenvalue weighted by molar-refractivity contribution is 5.07. The van der Waals surface area contributed by atoms with Crippen LogP contribution in [0, 0.1) is 5.92 Å². The van der Waals surface area contributed by atoms with Crippen molar-refractivity contribution in [3.05, 3.63) is 0 Å². The molecule has 1 fully saturated rings. The summed E-state index contributed by atoms with van der Waals surface area (Å²) in [7, 11) is 0. The molecule has 5 heteroatoms. The molecule has 1 aliphatic rings. The summed E-state index contributed by atoms with van der Waals surface area (Å²) in [5, 5.41) is 2.65. The third kappa shape index (κ3) is 3.34. The molecule has 0 aliphatic heterocycles. The van der Waals surface area contributed by atoms with Gasteiger partial charge in [0.2, 0.25) is 0 Å². The second-order valence-corrected chi connectivity index (χ2v) is 4.50. The maximum atomic E-state index is 12.5. The molecule has 90 valence electrons.